The first-order valence-corrected chi connectivity index (χ1v) is 8.95. The average Bonchev–Trinajstić information content (AvgIpc) is 2.97. The smallest absolute Gasteiger partial charge is 0.411 e. The van der Waals surface area contributed by atoms with E-state index >= 15 is 0 Å². The van der Waals surface area contributed by atoms with Crippen LogP contribution in [0, 0.1) is 12.8 Å². The van der Waals surface area contributed by atoms with Crippen molar-refractivity contribution in [2.45, 2.75) is 58.2 Å². The fraction of sp³-hybridized carbons (Fsp3) is 0.500. The SMILES string of the molecule is Cc1ccc(-c2cnc([C@@H]3C[C@@H]4C[C@@H]4N3C(=O)OC(C)(C)C)[nH]2)cc1.S.S.S. The lowest BCUT2D eigenvalue weighted by atomic mass is 10.1. The number of piperidine rings is 1. The number of ether oxygens (including phenoxy) is 1. The van der Waals surface area contributed by atoms with Gasteiger partial charge in [0.05, 0.1) is 17.9 Å². The molecule has 156 valence electrons. The van der Waals surface area contributed by atoms with E-state index in [0.29, 0.717) is 12.0 Å². The summed E-state index contributed by atoms with van der Waals surface area (Å²) in [5.74, 6) is 1.44. The zero-order valence-electron chi connectivity index (χ0n) is 16.7. The second-order valence-electron chi connectivity index (χ2n) is 8.25. The molecule has 0 radical (unpaired) electrons. The molecule has 1 saturated carbocycles. The maximum absolute atomic E-state index is 12.7. The number of rotatable bonds is 2. The van der Waals surface area contributed by atoms with Gasteiger partial charge in [-0.2, -0.15) is 40.5 Å². The number of carbonyl (C=O) groups is 1. The second-order valence-corrected chi connectivity index (χ2v) is 8.25. The number of carbonyl (C=O) groups excluding carboxylic acids is 1. The normalized spacial score (nSPS) is 22.3. The van der Waals surface area contributed by atoms with Crippen molar-refractivity contribution in [1.82, 2.24) is 14.9 Å². The number of aromatic nitrogens is 2. The Morgan fingerprint density at radius 3 is 2.39 bits per heavy atom. The molecule has 1 aliphatic carbocycles. The first-order chi connectivity index (χ1) is 11.8. The van der Waals surface area contributed by atoms with Crippen molar-refractivity contribution >= 4 is 46.6 Å². The van der Waals surface area contributed by atoms with E-state index in [1.165, 1.54) is 5.56 Å². The van der Waals surface area contributed by atoms with Crippen LogP contribution in [-0.2, 0) is 4.74 Å². The predicted octanol–water partition coefficient (Wildman–Crippen LogP) is 4.79. The Balaban J connectivity index is 0.00000131. The Labute approximate surface area is 188 Å². The molecule has 4 rings (SSSR count). The van der Waals surface area contributed by atoms with Gasteiger partial charge in [0, 0.05) is 6.04 Å². The molecule has 1 aliphatic heterocycles. The number of aryl methyl sites for hydroxylation is 1. The minimum Gasteiger partial charge on any atom is -0.444 e. The molecule has 8 heteroatoms. The third-order valence-corrected chi connectivity index (χ3v) is 4.98. The number of nitrogens with zero attached hydrogens (tertiary/aromatic N) is 2. The van der Waals surface area contributed by atoms with Gasteiger partial charge in [0.25, 0.3) is 0 Å². The largest absolute Gasteiger partial charge is 0.444 e. The highest BCUT2D eigenvalue weighted by Gasteiger charge is 2.56. The maximum Gasteiger partial charge on any atom is 0.411 e. The van der Waals surface area contributed by atoms with Gasteiger partial charge in [-0.1, -0.05) is 29.8 Å². The first kappa shape index (κ1) is 24.8. The molecular formula is C20H31N3O2S3. The molecule has 1 aromatic carbocycles. The first-order valence-electron chi connectivity index (χ1n) is 8.95. The Hall–Kier alpha value is -1.25. The monoisotopic (exact) mass is 441 g/mol. The van der Waals surface area contributed by atoms with Crippen LogP contribution in [0.4, 0.5) is 4.79 Å². The van der Waals surface area contributed by atoms with Crippen molar-refractivity contribution in [2.24, 2.45) is 5.92 Å². The molecule has 1 N–H and O–H groups in total. The van der Waals surface area contributed by atoms with Crippen LogP contribution in [0.1, 0.15) is 51.0 Å². The fourth-order valence-electron chi connectivity index (χ4n) is 3.66. The summed E-state index contributed by atoms with van der Waals surface area (Å²) in [5.41, 5.74) is 2.84. The summed E-state index contributed by atoms with van der Waals surface area (Å²) >= 11 is 0. The van der Waals surface area contributed by atoms with Gasteiger partial charge in [0.1, 0.15) is 11.4 Å². The average molecular weight is 442 g/mol. The topological polar surface area (TPSA) is 58.2 Å². The number of fused-ring (bicyclic) bond motifs is 1. The van der Waals surface area contributed by atoms with Crippen molar-refractivity contribution < 1.29 is 9.53 Å². The van der Waals surface area contributed by atoms with Crippen LogP contribution in [0.15, 0.2) is 30.5 Å². The third kappa shape index (κ3) is 5.02. The lowest BCUT2D eigenvalue weighted by Crippen LogP contribution is -2.38. The van der Waals surface area contributed by atoms with Crippen LogP contribution >= 0.6 is 40.5 Å². The summed E-state index contributed by atoms with van der Waals surface area (Å²) in [6.07, 6.45) is 3.68. The molecule has 3 atom stereocenters. The van der Waals surface area contributed by atoms with Gasteiger partial charge in [0.2, 0.25) is 0 Å². The van der Waals surface area contributed by atoms with Gasteiger partial charge in [-0.25, -0.2) is 9.78 Å². The summed E-state index contributed by atoms with van der Waals surface area (Å²) in [7, 11) is 0. The van der Waals surface area contributed by atoms with E-state index in [-0.39, 0.29) is 52.6 Å². The molecular weight excluding hydrogens is 410 g/mol. The molecule has 0 unspecified atom stereocenters. The summed E-state index contributed by atoms with van der Waals surface area (Å²) in [6.45, 7) is 7.79. The van der Waals surface area contributed by atoms with Crippen molar-refractivity contribution in [1.29, 1.82) is 0 Å². The minimum absolute atomic E-state index is 0. The van der Waals surface area contributed by atoms with Crippen LogP contribution in [-0.4, -0.2) is 32.6 Å². The van der Waals surface area contributed by atoms with E-state index in [9.17, 15) is 4.79 Å². The number of amides is 1. The lowest BCUT2D eigenvalue weighted by molar-refractivity contribution is 0.0175. The number of aromatic amines is 1. The molecule has 0 spiro atoms. The molecule has 2 heterocycles. The Kier molecular flexibility index (Phi) is 8.01. The maximum atomic E-state index is 12.7. The summed E-state index contributed by atoms with van der Waals surface area (Å²) in [4.78, 5) is 22.5. The highest BCUT2D eigenvalue weighted by atomic mass is 32.1. The molecule has 0 bridgehead atoms. The highest BCUT2D eigenvalue weighted by molar-refractivity contribution is 7.59. The van der Waals surface area contributed by atoms with Crippen LogP contribution < -0.4 is 0 Å². The molecule has 1 saturated heterocycles. The number of hydrogen-bond acceptors (Lipinski definition) is 3. The summed E-state index contributed by atoms with van der Waals surface area (Å²) < 4.78 is 5.62. The van der Waals surface area contributed by atoms with E-state index in [0.717, 1.165) is 29.9 Å². The van der Waals surface area contributed by atoms with Crippen molar-refractivity contribution in [3.8, 4) is 11.3 Å². The Bertz CT molecular complexity index is 802. The third-order valence-electron chi connectivity index (χ3n) is 4.98. The summed E-state index contributed by atoms with van der Waals surface area (Å²) in [6, 6.07) is 8.65. The molecule has 28 heavy (non-hydrogen) atoms. The van der Waals surface area contributed by atoms with E-state index < -0.39 is 5.60 Å². The summed E-state index contributed by atoms with van der Waals surface area (Å²) in [5, 5.41) is 0. The van der Waals surface area contributed by atoms with Crippen LogP contribution in [0.5, 0.6) is 0 Å². The van der Waals surface area contributed by atoms with Crippen molar-refractivity contribution in [3.63, 3.8) is 0 Å². The lowest BCUT2D eigenvalue weighted by Gasteiger charge is -2.29. The van der Waals surface area contributed by atoms with Gasteiger partial charge in [-0.3, -0.25) is 4.90 Å². The number of benzene rings is 1. The van der Waals surface area contributed by atoms with Gasteiger partial charge in [-0.15, -0.1) is 0 Å². The molecule has 2 aliphatic rings. The van der Waals surface area contributed by atoms with Gasteiger partial charge in [-0.05, 0) is 52.0 Å². The van der Waals surface area contributed by atoms with E-state index in [4.69, 9.17) is 4.74 Å². The molecule has 5 nitrogen and oxygen atoms in total. The number of H-pyrrole nitrogens is 1. The number of imidazole rings is 1. The van der Waals surface area contributed by atoms with Crippen molar-refractivity contribution in [2.75, 3.05) is 0 Å². The predicted molar refractivity (Wildman–Crippen MR) is 127 cm³/mol. The zero-order chi connectivity index (χ0) is 17.8. The van der Waals surface area contributed by atoms with E-state index in [2.05, 4.69) is 41.2 Å². The van der Waals surface area contributed by atoms with Gasteiger partial charge < -0.3 is 9.72 Å². The molecule has 1 aromatic heterocycles. The molecule has 2 aromatic rings. The molecule has 2 fully saturated rings. The van der Waals surface area contributed by atoms with Crippen LogP contribution in [0.3, 0.4) is 0 Å². The zero-order valence-corrected chi connectivity index (χ0v) is 19.7. The highest BCUT2D eigenvalue weighted by Crippen LogP contribution is 2.53. The van der Waals surface area contributed by atoms with E-state index in [1.807, 2.05) is 31.9 Å². The number of hydrogen-bond donors (Lipinski definition) is 1. The number of nitrogens with one attached hydrogen (secondary N) is 1. The molecule has 1 amide bonds. The fourth-order valence-corrected chi connectivity index (χ4v) is 3.66. The van der Waals surface area contributed by atoms with Crippen molar-refractivity contribution in [3.05, 3.63) is 41.9 Å². The standard InChI is InChI=1S/C20H25N3O2.3H2S/c1-12-5-7-13(8-6-12)15-11-21-18(22-15)17-10-14-9-16(14)23(17)19(24)25-20(2,3)4;;;/h5-8,11,14,16-17H,9-10H2,1-4H3,(H,21,22);3*1H2/t14-,16-,17-;;;/m0.../s1. The van der Waals surface area contributed by atoms with Crippen LogP contribution in [0.2, 0.25) is 0 Å². The quantitative estimate of drug-likeness (QED) is 0.729. The van der Waals surface area contributed by atoms with Gasteiger partial charge >= 0.3 is 6.09 Å². The Morgan fingerprint density at radius 1 is 1.14 bits per heavy atom. The van der Waals surface area contributed by atoms with Gasteiger partial charge in [0.15, 0.2) is 0 Å². The minimum atomic E-state index is -0.481. The second kappa shape index (κ2) is 9.05. The number of likely N-dealkylation sites (tertiary alicyclic amines) is 1. The van der Waals surface area contributed by atoms with Crippen LogP contribution in [0.25, 0.3) is 11.3 Å². The van der Waals surface area contributed by atoms with E-state index in [1.54, 1.807) is 0 Å². The Morgan fingerprint density at radius 2 is 1.79 bits per heavy atom.